The Bertz CT molecular complexity index is 947. The van der Waals surface area contributed by atoms with E-state index in [1.54, 1.807) is 6.20 Å². The van der Waals surface area contributed by atoms with Crippen molar-refractivity contribution >= 4 is 11.0 Å². The van der Waals surface area contributed by atoms with E-state index < -0.39 is 0 Å². The highest BCUT2D eigenvalue weighted by Crippen LogP contribution is 2.23. The Morgan fingerprint density at radius 1 is 1.12 bits per heavy atom. The number of hydrogen-bond acceptors (Lipinski definition) is 4. The molecule has 120 valence electrons. The highest BCUT2D eigenvalue weighted by atomic mass is 15.2. The summed E-state index contributed by atoms with van der Waals surface area (Å²) in [6.07, 6.45) is 4.59. The van der Waals surface area contributed by atoms with Gasteiger partial charge in [0.1, 0.15) is 11.6 Å². The summed E-state index contributed by atoms with van der Waals surface area (Å²) in [4.78, 5) is 18.6. The van der Waals surface area contributed by atoms with Crippen molar-refractivity contribution in [1.82, 2.24) is 35.0 Å². The van der Waals surface area contributed by atoms with Crippen molar-refractivity contribution in [2.45, 2.75) is 19.5 Å². The molecule has 0 unspecified atom stereocenters. The molecule has 7 heteroatoms. The van der Waals surface area contributed by atoms with Crippen LogP contribution < -0.4 is 0 Å². The van der Waals surface area contributed by atoms with E-state index in [9.17, 15) is 0 Å². The van der Waals surface area contributed by atoms with Crippen molar-refractivity contribution in [2.24, 2.45) is 0 Å². The molecule has 5 rings (SSSR count). The number of para-hydroxylation sites is 2. The van der Waals surface area contributed by atoms with Gasteiger partial charge in [-0.25, -0.2) is 9.97 Å². The summed E-state index contributed by atoms with van der Waals surface area (Å²) in [5, 5.41) is 6.82. The predicted octanol–water partition coefficient (Wildman–Crippen LogP) is 2.23. The maximum absolute atomic E-state index is 4.70. The van der Waals surface area contributed by atoms with Crippen molar-refractivity contribution in [2.75, 3.05) is 6.54 Å². The maximum atomic E-state index is 4.70. The average molecular weight is 319 g/mol. The third-order valence-electron chi connectivity index (χ3n) is 4.49. The van der Waals surface area contributed by atoms with E-state index in [1.807, 2.05) is 24.4 Å². The number of hydrogen-bond donors (Lipinski definition) is 3. The normalized spacial score (nSPS) is 15.0. The number of rotatable bonds is 3. The molecular weight excluding hydrogens is 302 g/mol. The fourth-order valence-corrected chi connectivity index (χ4v) is 3.29. The van der Waals surface area contributed by atoms with Crippen LogP contribution in [0.25, 0.3) is 22.4 Å². The molecule has 1 aromatic carbocycles. The van der Waals surface area contributed by atoms with Gasteiger partial charge in [0.05, 0.1) is 40.7 Å². The molecule has 3 aromatic heterocycles. The first-order valence-corrected chi connectivity index (χ1v) is 8.08. The predicted molar refractivity (Wildman–Crippen MR) is 90.1 cm³/mol. The van der Waals surface area contributed by atoms with Crippen LogP contribution in [0.15, 0.2) is 36.7 Å². The Hall–Kier alpha value is -2.93. The smallest absolute Gasteiger partial charge is 0.141 e. The SMILES string of the molecule is c1ccc2[nH]c(CN3CCc4nc(-c5cn[nH]c5)[nH]c4C3)nc2c1. The highest BCUT2D eigenvalue weighted by molar-refractivity contribution is 5.74. The summed E-state index contributed by atoms with van der Waals surface area (Å²) < 4.78 is 0. The summed E-state index contributed by atoms with van der Waals surface area (Å²) in [6.45, 7) is 2.66. The quantitative estimate of drug-likeness (QED) is 0.540. The second-order valence-corrected chi connectivity index (χ2v) is 6.16. The van der Waals surface area contributed by atoms with Gasteiger partial charge in [0.2, 0.25) is 0 Å². The molecule has 1 aliphatic rings. The van der Waals surface area contributed by atoms with Crippen LogP contribution in [-0.4, -0.2) is 41.6 Å². The molecule has 0 aliphatic carbocycles. The molecule has 0 fully saturated rings. The van der Waals surface area contributed by atoms with Crippen molar-refractivity contribution in [3.05, 3.63) is 53.9 Å². The lowest BCUT2D eigenvalue weighted by Crippen LogP contribution is -2.30. The first kappa shape index (κ1) is 13.5. The van der Waals surface area contributed by atoms with E-state index in [4.69, 9.17) is 4.98 Å². The number of imidazole rings is 2. The maximum Gasteiger partial charge on any atom is 0.141 e. The zero-order valence-corrected chi connectivity index (χ0v) is 13.1. The van der Waals surface area contributed by atoms with E-state index in [2.05, 4.69) is 36.1 Å². The third-order valence-corrected chi connectivity index (χ3v) is 4.49. The molecule has 3 N–H and O–H groups in total. The van der Waals surface area contributed by atoms with Crippen LogP contribution >= 0.6 is 0 Å². The Morgan fingerprint density at radius 2 is 2.08 bits per heavy atom. The lowest BCUT2D eigenvalue weighted by atomic mass is 10.1. The summed E-state index contributed by atoms with van der Waals surface area (Å²) in [6, 6.07) is 8.14. The molecule has 0 spiro atoms. The fourth-order valence-electron chi connectivity index (χ4n) is 3.29. The van der Waals surface area contributed by atoms with Crippen LogP contribution in [0.1, 0.15) is 17.2 Å². The molecule has 0 radical (unpaired) electrons. The van der Waals surface area contributed by atoms with Crippen molar-refractivity contribution in [3.8, 4) is 11.4 Å². The standard InChI is InChI=1S/C17H17N7/c1-2-4-13-12(3-1)20-16(21-13)10-24-6-5-14-15(9-24)23-17(22-14)11-7-18-19-8-11/h1-4,7-8H,5-6,9-10H2,(H,18,19)(H,20,21)(H,22,23). The second-order valence-electron chi connectivity index (χ2n) is 6.16. The lowest BCUT2D eigenvalue weighted by Gasteiger charge is -2.24. The van der Waals surface area contributed by atoms with Gasteiger partial charge in [0.25, 0.3) is 0 Å². The number of benzene rings is 1. The Kier molecular flexibility index (Phi) is 2.99. The number of H-pyrrole nitrogens is 3. The Balaban J connectivity index is 1.36. The molecule has 1 aliphatic heterocycles. The Morgan fingerprint density at radius 3 is 2.96 bits per heavy atom. The molecule has 0 saturated carbocycles. The highest BCUT2D eigenvalue weighted by Gasteiger charge is 2.21. The average Bonchev–Trinajstić information content (AvgIpc) is 3.32. The van der Waals surface area contributed by atoms with Gasteiger partial charge < -0.3 is 9.97 Å². The minimum Gasteiger partial charge on any atom is -0.341 e. The first-order valence-electron chi connectivity index (χ1n) is 8.08. The van der Waals surface area contributed by atoms with E-state index in [1.165, 1.54) is 5.69 Å². The largest absolute Gasteiger partial charge is 0.341 e. The minimum atomic E-state index is 0.814. The van der Waals surface area contributed by atoms with Crippen molar-refractivity contribution in [1.29, 1.82) is 0 Å². The molecular formula is C17H17N7. The zero-order chi connectivity index (χ0) is 15.9. The van der Waals surface area contributed by atoms with Gasteiger partial charge in [-0.2, -0.15) is 5.10 Å². The zero-order valence-electron chi connectivity index (χ0n) is 13.1. The third kappa shape index (κ3) is 2.30. The summed E-state index contributed by atoms with van der Waals surface area (Å²) in [5.41, 5.74) is 5.46. The van der Waals surface area contributed by atoms with E-state index in [0.717, 1.165) is 60.0 Å². The van der Waals surface area contributed by atoms with Gasteiger partial charge in [0, 0.05) is 25.7 Å². The topological polar surface area (TPSA) is 89.3 Å². The van der Waals surface area contributed by atoms with Crippen LogP contribution in [0.4, 0.5) is 0 Å². The number of fused-ring (bicyclic) bond motifs is 2. The van der Waals surface area contributed by atoms with E-state index >= 15 is 0 Å². The lowest BCUT2D eigenvalue weighted by molar-refractivity contribution is 0.236. The number of nitrogens with one attached hydrogen (secondary N) is 3. The molecule has 0 atom stereocenters. The summed E-state index contributed by atoms with van der Waals surface area (Å²) in [7, 11) is 0. The van der Waals surface area contributed by atoms with Gasteiger partial charge in [0.15, 0.2) is 0 Å². The van der Waals surface area contributed by atoms with Crippen LogP contribution in [0.5, 0.6) is 0 Å². The molecule has 0 amide bonds. The van der Waals surface area contributed by atoms with Gasteiger partial charge in [-0.1, -0.05) is 12.1 Å². The van der Waals surface area contributed by atoms with Gasteiger partial charge >= 0.3 is 0 Å². The molecule has 24 heavy (non-hydrogen) atoms. The second kappa shape index (κ2) is 5.31. The molecule has 0 saturated heterocycles. The Labute approximate surface area is 138 Å². The van der Waals surface area contributed by atoms with Crippen LogP contribution in [-0.2, 0) is 19.5 Å². The molecule has 4 aromatic rings. The monoisotopic (exact) mass is 319 g/mol. The summed E-state index contributed by atoms with van der Waals surface area (Å²) >= 11 is 0. The summed E-state index contributed by atoms with van der Waals surface area (Å²) in [5.74, 6) is 1.90. The number of aromatic amines is 3. The van der Waals surface area contributed by atoms with E-state index in [-0.39, 0.29) is 0 Å². The van der Waals surface area contributed by atoms with Crippen molar-refractivity contribution < 1.29 is 0 Å². The van der Waals surface area contributed by atoms with Crippen LogP contribution in [0, 0.1) is 0 Å². The number of nitrogens with zero attached hydrogens (tertiary/aromatic N) is 4. The van der Waals surface area contributed by atoms with Gasteiger partial charge in [-0.3, -0.25) is 10.00 Å². The molecule has 4 heterocycles. The van der Waals surface area contributed by atoms with E-state index in [0.29, 0.717) is 0 Å². The fraction of sp³-hybridized carbons (Fsp3) is 0.235. The molecule has 0 bridgehead atoms. The van der Waals surface area contributed by atoms with Crippen LogP contribution in [0.3, 0.4) is 0 Å². The van der Waals surface area contributed by atoms with Crippen molar-refractivity contribution in [3.63, 3.8) is 0 Å². The van der Waals surface area contributed by atoms with Crippen LogP contribution in [0.2, 0.25) is 0 Å². The first-order chi connectivity index (χ1) is 11.8. The molecule has 7 nitrogen and oxygen atoms in total. The number of aromatic nitrogens is 6. The minimum absolute atomic E-state index is 0.814. The van der Waals surface area contributed by atoms with Gasteiger partial charge in [-0.05, 0) is 12.1 Å². The van der Waals surface area contributed by atoms with Gasteiger partial charge in [-0.15, -0.1) is 0 Å².